The van der Waals surface area contributed by atoms with Gasteiger partial charge in [0.05, 0.1) is 12.8 Å². The van der Waals surface area contributed by atoms with E-state index in [1.165, 1.54) is 37.7 Å². The molecular formula is C16H29N3O. The van der Waals surface area contributed by atoms with E-state index in [1.807, 2.05) is 4.68 Å². The Kier molecular flexibility index (Phi) is 6.05. The Hall–Kier alpha value is -0.870. The van der Waals surface area contributed by atoms with Crippen LogP contribution in [-0.2, 0) is 17.7 Å². The van der Waals surface area contributed by atoms with Gasteiger partial charge in [0.25, 0.3) is 0 Å². The lowest BCUT2D eigenvalue weighted by Gasteiger charge is -2.37. The predicted octanol–water partition coefficient (Wildman–Crippen LogP) is 2.63. The molecule has 0 aliphatic heterocycles. The van der Waals surface area contributed by atoms with Gasteiger partial charge in [-0.1, -0.05) is 19.3 Å². The fourth-order valence-corrected chi connectivity index (χ4v) is 3.35. The molecule has 1 saturated carbocycles. The zero-order valence-corrected chi connectivity index (χ0v) is 13.0. The van der Waals surface area contributed by atoms with Gasteiger partial charge in [-0.05, 0) is 37.2 Å². The van der Waals surface area contributed by atoms with Crippen LogP contribution in [-0.4, -0.2) is 36.6 Å². The van der Waals surface area contributed by atoms with Crippen LogP contribution in [0.1, 0.15) is 44.6 Å². The van der Waals surface area contributed by atoms with E-state index in [9.17, 15) is 0 Å². The van der Waals surface area contributed by atoms with E-state index in [2.05, 4.69) is 29.7 Å². The normalized spacial score (nSPS) is 18.3. The molecule has 0 bridgehead atoms. The Labute approximate surface area is 122 Å². The molecule has 0 atom stereocenters. The number of nitrogens with one attached hydrogen (secondary N) is 1. The number of aromatic nitrogens is 2. The second kappa shape index (κ2) is 7.79. The molecule has 1 aromatic heterocycles. The summed E-state index contributed by atoms with van der Waals surface area (Å²) in [6.07, 6.45) is 12.2. The first-order chi connectivity index (χ1) is 9.78. The Balaban J connectivity index is 1.94. The number of hydrogen-bond donors (Lipinski definition) is 1. The van der Waals surface area contributed by atoms with Crippen LogP contribution in [0.2, 0.25) is 0 Å². The first-order valence-corrected chi connectivity index (χ1v) is 7.99. The second-order valence-electron chi connectivity index (χ2n) is 6.11. The van der Waals surface area contributed by atoms with Gasteiger partial charge >= 0.3 is 0 Å². The van der Waals surface area contributed by atoms with Gasteiger partial charge in [0.15, 0.2) is 0 Å². The van der Waals surface area contributed by atoms with Crippen molar-refractivity contribution in [3.8, 4) is 0 Å². The summed E-state index contributed by atoms with van der Waals surface area (Å²) in [6.45, 7) is 5.95. The molecule has 2 rings (SSSR count). The molecule has 0 spiro atoms. The molecule has 1 N–H and O–H groups in total. The lowest BCUT2D eigenvalue weighted by Crippen LogP contribution is -2.39. The molecule has 1 aromatic rings. The average molecular weight is 279 g/mol. The van der Waals surface area contributed by atoms with Crippen molar-refractivity contribution in [3.63, 3.8) is 0 Å². The van der Waals surface area contributed by atoms with Crippen LogP contribution in [0.15, 0.2) is 12.4 Å². The Morgan fingerprint density at radius 1 is 1.35 bits per heavy atom. The summed E-state index contributed by atoms with van der Waals surface area (Å²) in [5.41, 5.74) is 1.82. The van der Waals surface area contributed by atoms with Crippen molar-refractivity contribution in [1.29, 1.82) is 0 Å². The SMILES string of the molecule is CCn1cc(CC2(CNCCOC)CCCCC2)cn1. The van der Waals surface area contributed by atoms with Gasteiger partial charge in [0, 0.05) is 32.9 Å². The van der Waals surface area contributed by atoms with Crippen molar-refractivity contribution in [2.24, 2.45) is 5.41 Å². The monoisotopic (exact) mass is 279 g/mol. The number of methoxy groups -OCH3 is 1. The third-order valence-corrected chi connectivity index (χ3v) is 4.49. The van der Waals surface area contributed by atoms with Crippen molar-refractivity contribution in [1.82, 2.24) is 15.1 Å². The molecular weight excluding hydrogens is 250 g/mol. The van der Waals surface area contributed by atoms with Crippen LogP contribution < -0.4 is 5.32 Å². The number of rotatable bonds is 8. The van der Waals surface area contributed by atoms with Crippen molar-refractivity contribution in [2.45, 2.75) is 52.0 Å². The van der Waals surface area contributed by atoms with Gasteiger partial charge in [-0.2, -0.15) is 5.10 Å². The molecule has 1 heterocycles. The summed E-state index contributed by atoms with van der Waals surface area (Å²) in [4.78, 5) is 0. The lowest BCUT2D eigenvalue weighted by atomic mass is 9.70. The maximum Gasteiger partial charge on any atom is 0.0587 e. The Bertz CT molecular complexity index is 383. The minimum atomic E-state index is 0.424. The van der Waals surface area contributed by atoms with E-state index < -0.39 is 0 Å². The number of ether oxygens (including phenoxy) is 1. The fourth-order valence-electron chi connectivity index (χ4n) is 3.35. The summed E-state index contributed by atoms with van der Waals surface area (Å²) in [5, 5.41) is 8.00. The van der Waals surface area contributed by atoms with Gasteiger partial charge in [0.1, 0.15) is 0 Å². The summed E-state index contributed by atoms with van der Waals surface area (Å²) in [7, 11) is 1.76. The molecule has 4 heteroatoms. The quantitative estimate of drug-likeness (QED) is 0.744. The van der Waals surface area contributed by atoms with Crippen molar-refractivity contribution in [2.75, 3.05) is 26.8 Å². The summed E-state index contributed by atoms with van der Waals surface area (Å²) in [6, 6.07) is 0. The number of nitrogens with zero attached hydrogens (tertiary/aromatic N) is 2. The smallest absolute Gasteiger partial charge is 0.0587 e. The van der Waals surface area contributed by atoms with E-state index in [-0.39, 0.29) is 0 Å². The molecule has 1 aliphatic rings. The third-order valence-electron chi connectivity index (χ3n) is 4.49. The Morgan fingerprint density at radius 3 is 2.80 bits per heavy atom. The molecule has 0 amide bonds. The summed E-state index contributed by atoms with van der Waals surface area (Å²) >= 11 is 0. The van der Waals surface area contributed by atoms with E-state index in [4.69, 9.17) is 4.74 Å². The third kappa shape index (κ3) is 4.32. The molecule has 20 heavy (non-hydrogen) atoms. The largest absolute Gasteiger partial charge is 0.383 e. The minimum absolute atomic E-state index is 0.424. The highest BCUT2D eigenvalue weighted by molar-refractivity contribution is 5.08. The molecule has 0 aromatic carbocycles. The van der Waals surface area contributed by atoms with Gasteiger partial charge in [-0.3, -0.25) is 4.68 Å². The second-order valence-corrected chi connectivity index (χ2v) is 6.11. The van der Waals surface area contributed by atoms with E-state index in [1.54, 1.807) is 7.11 Å². The fraction of sp³-hybridized carbons (Fsp3) is 0.812. The van der Waals surface area contributed by atoms with Gasteiger partial charge < -0.3 is 10.1 Å². The van der Waals surface area contributed by atoms with E-state index >= 15 is 0 Å². The highest BCUT2D eigenvalue weighted by atomic mass is 16.5. The lowest BCUT2D eigenvalue weighted by molar-refractivity contribution is 0.162. The predicted molar refractivity (Wildman–Crippen MR) is 81.9 cm³/mol. The first-order valence-electron chi connectivity index (χ1n) is 7.99. The molecule has 114 valence electrons. The minimum Gasteiger partial charge on any atom is -0.383 e. The molecule has 1 fully saturated rings. The van der Waals surface area contributed by atoms with Crippen molar-refractivity contribution < 1.29 is 4.74 Å². The van der Waals surface area contributed by atoms with Crippen LogP contribution in [0.5, 0.6) is 0 Å². The van der Waals surface area contributed by atoms with Gasteiger partial charge in [-0.15, -0.1) is 0 Å². The van der Waals surface area contributed by atoms with E-state index in [0.29, 0.717) is 5.41 Å². The molecule has 0 radical (unpaired) electrons. The molecule has 1 aliphatic carbocycles. The summed E-state index contributed by atoms with van der Waals surface area (Å²) < 4.78 is 7.16. The van der Waals surface area contributed by atoms with Crippen LogP contribution in [0.4, 0.5) is 0 Å². The van der Waals surface area contributed by atoms with Gasteiger partial charge in [0.2, 0.25) is 0 Å². The van der Waals surface area contributed by atoms with Crippen LogP contribution in [0.3, 0.4) is 0 Å². The number of aryl methyl sites for hydroxylation is 1. The molecule has 0 unspecified atom stereocenters. The standard InChI is InChI=1S/C16H29N3O/c1-3-19-13-15(12-18-19)11-16(7-5-4-6-8-16)14-17-9-10-20-2/h12-13,17H,3-11,14H2,1-2H3. The van der Waals surface area contributed by atoms with E-state index in [0.717, 1.165) is 32.7 Å². The Morgan fingerprint density at radius 2 is 2.15 bits per heavy atom. The average Bonchev–Trinajstić information content (AvgIpc) is 2.92. The van der Waals surface area contributed by atoms with Gasteiger partial charge in [-0.25, -0.2) is 0 Å². The zero-order valence-electron chi connectivity index (χ0n) is 13.0. The molecule has 4 nitrogen and oxygen atoms in total. The summed E-state index contributed by atoms with van der Waals surface area (Å²) in [5.74, 6) is 0. The maximum atomic E-state index is 5.12. The zero-order chi connectivity index (χ0) is 14.3. The highest BCUT2D eigenvalue weighted by Gasteiger charge is 2.32. The first kappa shape index (κ1) is 15.5. The van der Waals surface area contributed by atoms with Crippen LogP contribution in [0.25, 0.3) is 0 Å². The van der Waals surface area contributed by atoms with Crippen LogP contribution >= 0.6 is 0 Å². The maximum absolute atomic E-state index is 5.12. The number of hydrogen-bond acceptors (Lipinski definition) is 3. The van der Waals surface area contributed by atoms with Crippen molar-refractivity contribution in [3.05, 3.63) is 18.0 Å². The topological polar surface area (TPSA) is 39.1 Å². The highest BCUT2D eigenvalue weighted by Crippen LogP contribution is 2.38. The molecule has 0 saturated heterocycles. The van der Waals surface area contributed by atoms with Crippen molar-refractivity contribution >= 4 is 0 Å². The van der Waals surface area contributed by atoms with Crippen LogP contribution in [0, 0.1) is 5.41 Å².